The average molecular weight is 483 g/mol. The fraction of sp³-hybridized carbons (Fsp3) is 0.125. The maximum atomic E-state index is 11.9. The van der Waals surface area contributed by atoms with Gasteiger partial charge in [-0.05, 0) is 29.8 Å². The number of rotatable bonds is 5. The van der Waals surface area contributed by atoms with Gasteiger partial charge in [0.25, 0.3) is 0 Å². The molecule has 3 aromatic carbocycles. The van der Waals surface area contributed by atoms with Gasteiger partial charge in [0, 0.05) is 36.0 Å². The highest BCUT2D eigenvalue weighted by molar-refractivity contribution is 9.10. The molecule has 0 unspecified atom stereocenters. The number of hydrogen-bond donors (Lipinski definition) is 0. The number of ether oxygens (including phenoxy) is 3. The highest BCUT2D eigenvalue weighted by atomic mass is 79.9. The van der Waals surface area contributed by atoms with Crippen LogP contribution in [-0.4, -0.2) is 17.9 Å². The van der Waals surface area contributed by atoms with Gasteiger partial charge in [-0.25, -0.2) is 0 Å². The van der Waals surface area contributed by atoms with E-state index < -0.39 is 17.9 Å². The van der Waals surface area contributed by atoms with Crippen molar-refractivity contribution in [2.24, 2.45) is 0 Å². The fourth-order valence-electron chi connectivity index (χ4n) is 3.03. The molecule has 0 heterocycles. The predicted octanol–water partition coefficient (Wildman–Crippen LogP) is 5.55. The van der Waals surface area contributed by atoms with Crippen molar-refractivity contribution >= 4 is 56.8 Å². The van der Waals surface area contributed by atoms with E-state index in [0.717, 1.165) is 10.0 Å². The lowest BCUT2D eigenvalue weighted by Gasteiger charge is -2.19. The topological polar surface area (TPSA) is 78.9 Å². The summed E-state index contributed by atoms with van der Waals surface area (Å²) in [6.45, 7) is 3.77. The van der Waals surface area contributed by atoms with E-state index in [-0.39, 0.29) is 22.8 Å². The Morgan fingerprint density at radius 2 is 1.29 bits per heavy atom. The Hall–Kier alpha value is -3.45. The Kier molecular flexibility index (Phi) is 6.87. The van der Waals surface area contributed by atoms with Gasteiger partial charge in [-0.2, -0.15) is 0 Å². The van der Waals surface area contributed by atoms with Crippen LogP contribution in [0.2, 0.25) is 0 Å². The van der Waals surface area contributed by atoms with Gasteiger partial charge in [0.15, 0.2) is 11.5 Å². The zero-order valence-electron chi connectivity index (χ0n) is 17.1. The van der Waals surface area contributed by atoms with Crippen LogP contribution in [0.3, 0.4) is 0 Å². The number of carbonyl (C=O) groups is 3. The molecule has 0 spiro atoms. The molecule has 31 heavy (non-hydrogen) atoms. The van der Waals surface area contributed by atoms with Gasteiger partial charge < -0.3 is 14.2 Å². The minimum Gasteiger partial charge on any atom is -0.425 e. The maximum Gasteiger partial charge on any atom is 0.308 e. The van der Waals surface area contributed by atoms with Gasteiger partial charge in [0.05, 0.1) is 5.56 Å². The zero-order valence-corrected chi connectivity index (χ0v) is 18.7. The molecule has 0 fully saturated rings. The molecule has 0 bridgehead atoms. The molecule has 0 aromatic heterocycles. The van der Waals surface area contributed by atoms with Gasteiger partial charge in [0.1, 0.15) is 5.75 Å². The van der Waals surface area contributed by atoms with Crippen LogP contribution in [0.5, 0.6) is 17.2 Å². The number of hydrogen-bond acceptors (Lipinski definition) is 6. The number of fused-ring (bicyclic) bond motifs is 1. The largest absolute Gasteiger partial charge is 0.425 e. The Morgan fingerprint density at radius 1 is 0.710 bits per heavy atom. The number of esters is 3. The van der Waals surface area contributed by atoms with Crippen molar-refractivity contribution in [1.82, 2.24) is 0 Å². The molecule has 0 saturated heterocycles. The average Bonchev–Trinajstić information content (AvgIpc) is 2.70. The molecule has 0 aliphatic carbocycles. The number of halogens is 1. The molecule has 0 atom stereocenters. The summed E-state index contributed by atoms with van der Waals surface area (Å²) >= 11 is 3.42. The predicted molar refractivity (Wildman–Crippen MR) is 121 cm³/mol. The van der Waals surface area contributed by atoms with E-state index in [1.165, 1.54) is 20.8 Å². The van der Waals surface area contributed by atoms with Crippen LogP contribution in [0.15, 0.2) is 53.0 Å². The van der Waals surface area contributed by atoms with Crippen molar-refractivity contribution in [3.05, 3.63) is 64.1 Å². The maximum absolute atomic E-state index is 11.9. The van der Waals surface area contributed by atoms with Crippen molar-refractivity contribution in [2.75, 3.05) is 0 Å². The van der Waals surface area contributed by atoms with E-state index >= 15 is 0 Å². The molecule has 0 radical (unpaired) electrons. The molecule has 0 aliphatic heterocycles. The van der Waals surface area contributed by atoms with Gasteiger partial charge in [-0.3, -0.25) is 14.4 Å². The lowest BCUT2D eigenvalue weighted by Crippen LogP contribution is -2.11. The minimum atomic E-state index is -0.618. The molecule has 3 rings (SSSR count). The third-order valence-electron chi connectivity index (χ3n) is 4.15. The SMILES string of the molecule is CC(=O)Oc1c(/C=C/c2ccccc2)c(OC(C)=O)c2cc(Br)ccc2c1OC(C)=O. The van der Waals surface area contributed by atoms with Gasteiger partial charge in [-0.1, -0.05) is 52.3 Å². The summed E-state index contributed by atoms with van der Waals surface area (Å²) in [7, 11) is 0. The van der Waals surface area contributed by atoms with Crippen LogP contribution in [0.4, 0.5) is 0 Å². The second-order valence-electron chi connectivity index (χ2n) is 6.62. The van der Waals surface area contributed by atoms with Crippen molar-refractivity contribution < 1.29 is 28.6 Å². The summed E-state index contributed by atoms with van der Waals surface area (Å²) < 4.78 is 17.2. The first-order chi connectivity index (χ1) is 14.8. The van der Waals surface area contributed by atoms with Gasteiger partial charge in [0.2, 0.25) is 0 Å². The highest BCUT2D eigenvalue weighted by Gasteiger charge is 2.25. The van der Waals surface area contributed by atoms with Crippen LogP contribution in [0, 0.1) is 0 Å². The Morgan fingerprint density at radius 3 is 1.90 bits per heavy atom. The van der Waals surface area contributed by atoms with Crippen LogP contribution < -0.4 is 14.2 Å². The summed E-state index contributed by atoms with van der Waals surface area (Å²) in [5.74, 6) is -1.52. The summed E-state index contributed by atoms with van der Waals surface area (Å²) in [6.07, 6.45) is 3.43. The Balaban J connectivity index is 2.42. The van der Waals surface area contributed by atoms with Crippen molar-refractivity contribution in [3.63, 3.8) is 0 Å². The fourth-order valence-corrected chi connectivity index (χ4v) is 3.40. The molecule has 0 saturated carbocycles. The second kappa shape index (κ2) is 9.57. The molecular formula is C24H19BrO6. The number of benzene rings is 3. The number of carbonyl (C=O) groups excluding carboxylic acids is 3. The Labute approximate surface area is 187 Å². The van der Waals surface area contributed by atoms with E-state index in [9.17, 15) is 14.4 Å². The highest BCUT2D eigenvalue weighted by Crippen LogP contribution is 2.48. The third kappa shape index (κ3) is 5.38. The smallest absolute Gasteiger partial charge is 0.308 e. The molecule has 0 aliphatic rings. The molecule has 6 nitrogen and oxygen atoms in total. The van der Waals surface area contributed by atoms with Crippen molar-refractivity contribution in [3.8, 4) is 17.2 Å². The lowest BCUT2D eigenvalue weighted by atomic mass is 10.0. The lowest BCUT2D eigenvalue weighted by molar-refractivity contribution is -0.134. The van der Waals surface area contributed by atoms with E-state index in [1.54, 1.807) is 30.4 Å². The first-order valence-electron chi connectivity index (χ1n) is 9.34. The van der Waals surface area contributed by atoms with Gasteiger partial charge in [-0.15, -0.1) is 0 Å². The Bertz CT molecular complexity index is 1200. The standard InChI is InChI=1S/C24H19BrO6/c1-14(26)29-22-20(11-9-17-7-5-4-6-8-17)24(31-16(3)28)23(30-15(2)27)19-12-10-18(25)13-21(19)22/h4-13H,1-3H3/b11-9+. The normalized spacial score (nSPS) is 10.8. The molecule has 158 valence electrons. The van der Waals surface area contributed by atoms with E-state index in [0.29, 0.717) is 10.8 Å². The summed E-state index contributed by atoms with van der Waals surface area (Å²) in [5, 5.41) is 0.951. The van der Waals surface area contributed by atoms with Crippen LogP contribution >= 0.6 is 15.9 Å². The zero-order chi connectivity index (χ0) is 22.5. The quantitative estimate of drug-likeness (QED) is 0.269. The summed E-state index contributed by atoms with van der Waals surface area (Å²) in [4.78, 5) is 35.7. The molecule has 0 N–H and O–H groups in total. The summed E-state index contributed by atoms with van der Waals surface area (Å²) in [5.41, 5.74) is 1.16. The van der Waals surface area contributed by atoms with E-state index in [4.69, 9.17) is 14.2 Å². The first kappa shape index (κ1) is 22.2. The van der Waals surface area contributed by atoms with Crippen LogP contribution in [0.25, 0.3) is 22.9 Å². The molecular weight excluding hydrogens is 464 g/mol. The van der Waals surface area contributed by atoms with Gasteiger partial charge >= 0.3 is 17.9 Å². The van der Waals surface area contributed by atoms with Crippen molar-refractivity contribution in [1.29, 1.82) is 0 Å². The first-order valence-corrected chi connectivity index (χ1v) is 10.1. The minimum absolute atomic E-state index is 0.0130. The molecule has 0 amide bonds. The van der Waals surface area contributed by atoms with Crippen LogP contribution in [0.1, 0.15) is 31.9 Å². The molecule has 3 aromatic rings. The third-order valence-corrected chi connectivity index (χ3v) is 4.64. The summed E-state index contributed by atoms with van der Waals surface area (Å²) in [6, 6.07) is 14.6. The van der Waals surface area contributed by atoms with Crippen molar-refractivity contribution in [2.45, 2.75) is 20.8 Å². The van der Waals surface area contributed by atoms with Crippen LogP contribution in [-0.2, 0) is 14.4 Å². The second-order valence-corrected chi connectivity index (χ2v) is 7.53. The van der Waals surface area contributed by atoms with E-state index in [1.807, 2.05) is 30.3 Å². The van der Waals surface area contributed by atoms with E-state index in [2.05, 4.69) is 15.9 Å². The molecule has 7 heteroatoms. The monoisotopic (exact) mass is 482 g/mol.